The van der Waals surface area contributed by atoms with E-state index in [0.717, 1.165) is 35.5 Å². The van der Waals surface area contributed by atoms with E-state index in [9.17, 15) is 0 Å². The zero-order valence-corrected chi connectivity index (χ0v) is 17.0. The average molecular weight is 421 g/mol. The van der Waals surface area contributed by atoms with Crippen molar-refractivity contribution in [2.75, 3.05) is 0 Å². The largest absolute Gasteiger partial charge is 0.489 e. The molecule has 0 atom stereocenters. The zero-order chi connectivity index (χ0) is 19.2. The van der Waals surface area contributed by atoms with Crippen LogP contribution in [0.5, 0.6) is 5.75 Å². The Kier molecular flexibility index (Phi) is 6.66. The monoisotopic (exact) mass is 420 g/mol. The summed E-state index contributed by atoms with van der Waals surface area (Å²) >= 11 is 17.3. The number of aryl methyl sites for hydroxylation is 1. The first-order valence-electron chi connectivity index (χ1n) is 8.44. The highest BCUT2D eigenvalue weighted by Crippen LogP contribution is 2.23. The van der Waals surface area contributed by atoms with Gasteiger partial charge in [0.25, 0.3) is 0 Å². The predicted molar refractivity (Wildman–Crippen MR) is 112 cm³/mol. The van der Waals surface area contributed by atoms with Gasteiger partial charge in [0.05, 0.1) is 6.21 Å². The van der Waals surface area contributed by atoms with E-state index in [4.69, 9.17) is 40.2 Å². The molecule has 5 nitrogen and oxygen atoms in total. The van der Waals surface area contributed by atoms with Crippen LogP contribution < -0.4 is 4.74 Å². The van der Waals surface area contributed by atoms with Gasteiger partial charge in [-0.1, -0.05) is 48.3 Å². The minimum Gasteiger partial charge on any atom is -0.489 e. The molecule has 140 valence electrons. The second-order valence-electron chi connectivity index (χ2n) is 5.85. The Morgan fingerprint density at radius 2 is 2.11 bits per heavy atom. The molecule has 2 aromatic carbocycles. The number of rotatable bonds is 7. The van der Waals surface area contributed by atoms with Gasteiger partial charge in [-0.3, -0.25) is 5.10 Å². The number of hydrogen-bond acceptors (Lipinski definition) is 4. The van der Waals surface area contributed by atoms with Crippen LogP contribution in [0.4, 0.5) is 0 Å². The Bertz CT molecular complexity index is 1010. The van der Waals surface area contributed by atoms with Crippen LogP contribution in [0.2, 0.25) is 10.0 Å². The van der Waals surface area contributed by atoms with Crippen LogP contribution >= 0.6 is 35.4 Å². The smallest absolute Gasteiger partial charge is 0.216 e. The average Bonchev–Trinajstić information content (AvgIpc) is 3.00. The molecule has 3 aromatic rings. The van der Waals surface area contributed by atoms with E-state index >= 15 is 0 Å². The Labute approximate surface area is 172 Å². The minimum absolute atomic E-state index is 0.351. The molecule has 0 aliphatic carbocycles. The van der Waals surface area contributed by atoms with E-state index in [1.807, 2.05) is 30.3 Å². The first-order chi connectivity index (χ1) is 13.1. The van der Waals surface area contributed by atoms with Gasteiger partial charge in [0.2, 0.25) is 4.77 Å². The number of hydrogen-bond donors (Lipinski definition) is 1. The molecule has 0 amide bonds. The lowest BCUT2D eigenvalue weighted by molar-refractivity contribution is 0.306. The number of H-pyrrole nitrogens is 1. The third-order valence-corrected chi connectivity index (χ3v) is 4.63. The Hall–Kier alpha value is -2.15. The van der Waals surface area contributed by atoms with Gasteiger partial charge in [-0.25, -0.2) is 0 Å². The van der Waals surface area contributed by atoms with E-state index in [2.05, 4.69) is 22.2 Å². The first kappa shape index (κ1) is 19.6. The van der Waals surface area contributed by atoms with Crippen molar-refractivity contribution in [1.82, 2.24) is 14.9 Å². The van der Waals surface area contributed by atoms with Crippen molar-refractivity contribution in [3.05, 3.63) is 74.2 Å². The Balaban J connectivity index is 1.72. The van der Waals surface area contributed by atoms with Gasteiger partial charge in [-0.2, -0.15) is 14.9 Å². The lowest BCUT2D eigenvalue weighted by atomic mass is 10.2. The van der Waals surface area contributed by atoms with Gasteiger partial charge in [-0.05, 0) is 48.5 Å². The van der Waals surface area contributed by atoms with Gasteiger partial charge >= 0.3 is 0 Å². The number of benzene rings is 2. The van der Waals surface area contributed by atoms with Crippen molar-refractivity contribution in [3.8, 4) is 5.75 Å². The van der Waals surface area contributed by atoms with E-state index in [-0.39, 0.29) is 0 Å². The summed E-state index contributed by atoms with van der Waals surface area (Å²) in [7, 11) is 0. The summed E-state index contributed by atoms with van der Waals surface area (Å²) in [5.74, 6) is 1.53. The van der Waals surface area contributed by atoms with E-state index in [0.29, 0.717) is 21.4 Å². The fourth-order valence-electron chi connectivity index (χ4n) is 2.44. The van der Waals surface area contributed by atoms with Crippen molar-refractivity contribution in [2.45, 2.75) is 26.4 Å². The summed E-state index contributed by atoms with van der Waals surface area (Å²) < 4.78 is 7.95. The van der Waals surface area contributed by atoms with Gasteiger partial charge in [0.15, 0.2) is 5.82 Å². The molecule has 0 fully saturated rings. The quantitative estimate of drug-likeness (QED) is 0.396. The van der Waals surface area contributed by atoms with Crippen LogP contribution in [0.25, 0.3) is 0 Å². The molecule has 8 heteroatoms. The molecule has 0 bridgehead atoms. The number of nitrogens with zero attached hydrogens (tertiary/aromatic N) is 3. The molecule has 1 heterocycles. The van der Waals surface area contributed by atoms with Crippen LogP contribution in [0.15, 0.2) is 47.6 Å². The Morgan fingerprint density at radius 3 is 2.89 bits per heavy atom. The molecule has 0 radical (unpaired) electrons. The Morgan fingerprint density at radius 1 is 1.26 bits per heavy atom. The fraction of sp³-hybridized carbons (Fsp3) is 0.211. The van der Waals surface area contributed by atoms with Crippen LogP contribution in [0, 0.1) is 4.77 Å². The van der Waals surface area contributed by atoms with Crippen LogP contribution in [0.1, 0.15) is 30.3 Å². The highest BCUT2D eigenvalue weighted by atomic mass is 35.5. The van der Waals surface area contributed by atoms with Crippen molar-refractivity contribution < 1.29 is 4.74 Å². The molecule has 1 N–H and O–H groups in total. The second-order valence-corrected chi connectivity index (χ2v) is 7.08. The molecule has 0 unspecified atom stereocenters. The van der Waals surface area contributed by atoms with Gasteiger partial charge in [0.1, 0.15) is 12.4 Å². The molecule has 1 aromatic heterocycles. The highest BCUT2D eigenvalue weighted by molar-refractivity contribution is 7.71. The minimum atomic E-state index is 0.351. The molecule has 27 heavy (non-hydrogen) atoms. The summed E-state index contributed by atoms with van der Waals surface area (Å²) in [5.41, 5.74) is 1.76. The standard InChI is InChI=1S/C19H18Cl2N4OS/c1-2-4-18-23-24-19(27)25(18)22-11-13-5-3-6-16(9-13)26-12-14-7-8-15(20)10-17(14)21/h3,5-11H,2,4,12H2,1H3,(H,24,27)/b22-11+. The molecular formula is C19H18Cl2N4OS. The zero-order valence-electron chi connectivity index (χ0n) is 14.7. The molecule has 0 spiro atoms. The lowest BCUT2D eigenvalue weighted by Crippen LogP contribution is -1.99. The molecule has 0 aliphatic rings. The maximum absolute atomic E-state index is 6.18. The van der Waals surface area contributed by atoms with E-state index in [1.165, 1.54) is 0 Å². The molecule has 3 rings (SSSR count). The lowest BCUT2D eigenvalue weighted by Gasteiger charge is -2.08. The third-order valence-electron chi connectivity index (χ3n) is 3.78. The van der Waals surface area contributed by atoms with Gasteiger partial charge < -0.3 is 4.74 Å². The summed E-state index contributed by atoms with van der Waals surface area (Å²) in [4.78, 5) is 0. The van der Waals surface area contributed by atoms with E-state index in [1.54, 1.807) is 23.0 Å². The SMILES string of the molecule is CCCc1n[nH]c(=S)n1/N=C/c1cccc(OCc2ccc(Cl)cc2Cl)c1. The summed E-state index contributed by atoms with van der Waals surface area (Å²) in [6.07, 6.45) is 3.49. The van der Waals surface area contributed by atoms with Crippen molar-refractivity contribution >= 4 is 41.6 Å². The van der Waals surface area contributed by atoms with Crippen LogP contribution in [-0.2, 0) is 13.0 Å². The van der Waals surface area contributed by atoms with E-state index < -0.39 is 0 Å². The van der Waals surface area contributed by atoms with Crippen LogP contribution in [0.3, 0.4) is 0 Å². The maximum Gasteiger partial charge on any atom is 0.216 e. The van der Waals surface area contributed by atoms with Gasteiger partial charge in [-0.15, -0.1) is 0 Å². The number of ether oxygens (including phenoxy) is 1. The molecule has 0 saturated heterocycles. The molecular weight excluding hydrogens is 403 g/mol. The molecule has 0 aliphatic heterocycles. The summed E-state index contributed by atoms with van der Waals surface area (Å²) in [6, 6.07) is 13.0. The van der Waals surface area contributed by atoms with Crippen molar-refractivity contribution in [1.29, 1.82) is 0 Å². The highest BCUT2D eigenvalue weighted by Gasteiger charge is 2.05. The van der Waals surface area contributed by atoms with Crippen LogP contribution in [-0.4, -0.2) is 21.1 Å². The van der Waals surface area contributed by atoms with Gasteiger partial charge in [0, 0.05) is 22.0 Å². The molecule has 0 saturated carbocycles. The predicted octanol–water partition coefficient (Wildman–Crippen LogP) is 5.66. The first-order valence-corrected chi connectivity index (χ1v) is 9.60. The second kappa shape index (κ2) is 9.17. The summed E-state index contributed by atoms with van der Waals surface area (Å²) in [6.45, 7) is 2.43. The maximum atomic E-state index is 6.18. The van der Waals surface area contributed by atoms with Crippen molar-refractivity contribution in [3.63, 3.8) is 0 Å². The number of halogens is 2. The third kappa shape index (κ3) is 5.19. The topological polar surface area (TPSA) is 55.2 Å². The number of aromatic amines is 1. The normalized spacial score (nSPS) is 11.2. The van der Waals surface area contributed by atoms with Crippen molar-refractivity contribution in [2.24, 2.45) is 5.10 Å². The number of nitrogens with one attached hydrogen (secondary N) is 1. The number of aromatic nitrogens is 3. The fourth-order valence-corrected chi connectivity index (χ4v) is 3.10. The summed E-state index contributed by atoms with van der Waals surface area (Å²) in [5, 5.41) is 12.6.